The average Bonchev–Trinajstić information content (AvgIpc) is 2.64. The van der Waals surface area contributed by atoms with Crippen molar-refractivity contribution in [1.29, 1.82) is 0 Å². The third-order valence-corrected chi connectivity index (χ3v) is 11.1. The number of hydrogen-bond acceptors (Lipinski definition) is 0. The fourth-order valence-electron chi connectivity index (χ4n) is 4.37. The molecule has 0 aliphatic carbocycles. The first-order valence-electron chi connectivity index (χ1n) is 12.7. The molecule has 176 valence electrons. The van der Waals surface area contributed by atoms with Gasteiger partial charge in [0.1, 0.15) is 0 Å². The maximum absolute atomic E-state index is 2.76. The van der Waals surface area contributed by atoms with E-state index in [2.05, 4.69) is 27.4 Å². The molecule has 0 heterocycles. The van der Waals surface area contributed by atoms with Gasteiger partial charge in [0.05, 0.1) is 0 Å². The summed E-state index contributed by atoms with van der Waals surface area (Å²) >= 11 is 0. The normalized spacial score (nSPS) is 11.7. The fraction of sp³-hybridized carbons (Fsp3) is 1.00. The molecule has 28 heavy (non-hydrogen) atoms. The largest absolute Gasteiger partial charge is 0.153 e. The Kier molecular flexibility index (Phi) is 32.0. The van der Waals surface area contributed by atoms with E-state index in [0.29, 0.717) is 0 Å². The summed E-state index contributed by atoms with van der Waals surface area (Å²) < 4.78 is 0. The van der Waals surface area contributed by atoms with Crippen LogP contribution >= 0.6 is 34.1 Å². The average molecular weight is 502 g/mol. The molecule has 0 radical (unpaired) electrons. The molecule has 0 saturated carbocycles. The minimum Gasteiger partial charge on any atom is -0.153 e. The number of halogens is 1. The van der Waals surface area contributed by atoms with Gasteiger partial charge in [-0.3, -0.25) is 0 Å². The van der Waals surface area contributed by atoms with Gasteiger partial charge in [-0.1, -0.05) is 0 Å². The van der Waals surface area contributed by atoms with Gasteiger partial charge in [0.15, 0.2) is 0 Å². The molecule has 0 aliphatic heterocycles. The fourth-order valence-corrected chi connectivity index (χ4v) is 8.43. The van der Waals surface area contributed by atoms with Crippen molar-refractivity contribution in [1.82, 2.24) is 0 Å². The van der Waals surface area contributed by atoms with Crippen LogP contribution in [0.4, 0.5) is 0 Å². The van der Waals surface area contributed by atoms with Gasteiger partial charge >= 0.3 is 169 Å². The van der Waals surface area contributed by atoms with Crippen LogP contribution in [0.15, 0.2) is 0 Å². The molecule has 0 N–H and O–H groups in total. The van der Waals surface area contributed by atoms with E-state index in [0.717, 1.165) is 0 Å². The Labute approximate surface area is 195 Å². The minimum atomic E-state index is -0.955. The Morgan fingerprint density at radius 1 is 0.393 bits per heavy atom. The zero-order valence-electron chi connectivity index (χ0n) is 20.5. The van der Waals surface area contributed by atoms with Crippen LogP contribution < -0.4 is 0 Å². The molecule has 0 aromatic rings. The monoisotopic (exact) mass is 500 g/mol. The van der Waals surface area contributed by atoms with Gasteiger partial charge in [0.25, 0.3) is 0 Å². The standard InChI is InChI=1S/C25H55P.BrH.H3P/c1-5-8-11-14-17-20-23-26(4,24-21-18-15-12-9-6-2)25-22-19-16-13-10-7-3;;/h26H,5-25H2,1-4H3;1H;1H3. The van der Waals surface area contributed by atoms with Crippen LogP contribution in [0.3, 0.4) is 0 Å². The molecule has 0 rings (SSSR count). The van der Waals surface area contributed by atoms with Crippen molar-refractivity contribution < 1.29 is 0 Å². The second kappa shape index (κ2) is 26.4. The maximum Gasteiger partial charge on any atom is -0.153 e. The predicted molar refractivity (Wildman–Crippen MR) is 150 cm³/mol. The van der Waals surface area contributed by atoms with E-state index in [4.69, 9.17) is 0 Å². The number of rotatable bonds is 21. The molecule has 0 aromatic carbocycles. The molecule has 0 saturated heterocycles. The molecule has 0 aliphatic rings. The summed E-state index contributed by atoms with van der Waals surface area (Å²) in [5, 5.41) is 0. The first-order valence-corrected chi connectivity index (χ1v) is 15.8. The van der Waals surface area contributed by atoms with Gasteiger partial charge in [-0.05, 0) is 0 Å². The van der Waals surface area contributed by atoms with Crippen molar-refractivity contribution in [3.8, 4) is 0 Å². The van der Waals surface area contributed by atoms with E-state index in [-0.39, 0.29) is 26.9 Å². The SMILES string of the molecule is Br.CCCCCCCC[PH](C)(CCCCCCCC)CCCCCCCC.P. The molecule has 3 heteroatoms. The van der Waals surface area contributed by atoms with Crippen molar-refractivity contribution in [3.63, 3.8) is 0 Å². The Morgan fingerprint density at radius 2 is 0.607 bits per heavy atom. The van der Waals surface area contributed by atoms with E-state index in [1.54, 1.807) is 18.5 Å². The maximum atomic E-state index is 2.76. The van der Waals surface area contributed by atoms with Crippen LogP contribution in [0.25, 0.3) is 0 Å². The number of unbranched alkanes of at least 4 members (excludes halogenated alkanes) is 15. The molecular formula is C25H59BrP2. The Morgan fingerprint density at radius 3 is 0.857 bits per heavy atom. The second-order valence-electron chi connectivity index (χ2n) is 9.36. The third kappa shape index (κ3) is 23.6. The second-order valence-corrected chi connectivity index (χ2v) is 14.5. The summed E-state index contributed by atoms with van der Waals surface area (Å²) in [6.45, 7) is 9.73. The zero-order valence-corrected chi connectivity index (χ0v) is 24.6. The molecular weight excluding hydrogens is 442 g/mol. The van der Waals surface area contributed by atoms with Crippen molar-refractivity contribution in [3.05, 3.63) is 0 Å². The van der Waals surface area contributed by atoms with Crippen LogP contribution in [0, 0.1) is 0 Å². The predicted octanol–water partition coefficient (Wildman–Crippen LogP) is 10.1. The summed E-state index contributed by atoms with van der Waals surface area (Å²) in [5.74, 6) is 0. The van der Waals surface area contributed by atoms with Crippen LogP contribution in [-0.4, -0.2) is 25.2 Å². The first-order chi connectivity index (χ1) is 12.7. The molecule has 0 amide bonds. The molecule has 0 aromatic heterocycles. The van der Waals surface area contributed by atoms with E-state index >= 15 is 0 Å². The first kappa shape index (κ1) is 34.0. The molecule has 1 atom stereocenters. The van der Waals surface area contributed by atoms with Crippen LogP contribution in [0.1, 0.15) is 136 Å². The molecule has 0 bridgehead atoms. The smallest absolute Gasteiger partial charge is 0.153 e. The van der Waals surface area contributed by atoms with Gasteiger partial charge in [0.2, 0.25) is 0 Å². The summed E-state index contributed by atoms with van der Waals surface area (Å²) in [6, 6.07) is 0. The number of hydrogen-bond donors (Lipinski definition) is 0. The van der Waals surface area contributed by atoms with Gasteiger partial charge in [-0.25, -0.2) is 0 Å². The van der Waals surface area contributed by atoms with Crippen molar-refractivity contribution >= 4 is 34.1 Å². The van der Waals surface area contributed by atoms with E-state index in [1.807, 2.05) is 0 Å². The molecule has 1 unspecified atom stereocenters. The minimum absolute atomic E-state index is 0. The van der Waals surface area contributed by atoms with Gasteiger partial charge in [-0.2, -0.15) is 9.90 Å². The van der Waals surface area contributed by atoms with Crippen molar-refractivity contribution in [2.24, 2.45) is 0 Å². The van der Waals surface area contributed by atoms with Gasteiger partial charge in [-0.15, -0.1) is 17.0 Å². The van der Waals surface area contributed by atoms with Gasteiger partial charge < -0.3 is 0 Å². The molecule has 0 nitrogen and oxygen atoms in total. The quantitative estimate of drug-likeness (QED) is 0.108. The summed E-state index contributed by atoms with van der Waals surface area (Å²) in [6.07, 6.45) is 31.4. The van der Waals surface area contributed by atoms with Crippen LogP contribution in [0.5, 0.6) is 0 Å². The van der Waals surface area contributed by atoms with Crippen molar-refractivity contribution in [2.45, 2.75) is 136 Å². The Balaban J connectivity index is -0.00000312. The van der Waals surface area contributed by atoms with Gasteiger partial charge in [0, 0.05) is 0 Å². The topological polar surface area (TPSA) is 0 Å². The Hall–Kier alpha value is 1.34. The summed E-state index contributed by atoms with van der Waals surface area (Å²) in [5.41, 5.74) is 0. The third-order valence-electron chi connectivity index (χ3n) is 6.40. The van der Waals surface area contributed by atoms with Crippen molar-refractivity contribution in [2.75, 3.05) is 25.2 Å². The van der Waals surface area contributed by atoms with E-state index < -0.39 is 7.26 Å². The summed E-state index contributed by atoms with van der Waals surface area (Å²) in [7, 11) is -0.955. The molecule has 0 spiro atoms. The van der Waals surface area contributed by atoms with E-state index in [9.17, 15) is 0 Å². The zero-order chi connectivity index (χ0) is 19.3. The van der Waals surface area contributed by atoms with Crippen LogP contribution in [0.2, 0.25) is 0 Å². The van der Waals surface area contributed by atoms with Crippen LogP contribution in [-0.2, 0) is 0 Å². The Bertz CT molecular complexity index is 230. The van der Waals surface area contributed by atoms with E-state index in [1.165, 1.54) is 116 Å². The summed E-state index contributed by atoms with van der Waals surface area (Å²) in [4.78, 5) is 0. The molecule has 0 fully saturated rings.